The fraction of sp³-hybridized carbons (Fsp3) is 0.136. The largest absolute Gasteiger partial charge is 0.321 e. The van der Waals surface area contributed by atoms with Crippen LogP contribution in [0.4, 0.5) is 15.8 Å². The number of hydrogen-bond donors (Lipinski definition) is 1. The number of amides is 1. The lowest BCUT2D eigenvalue weighted by Crippen LogP contribution is -2.31. The molecule has 0 fully saturated rings. The van der Waals surface area contributed by atoms with Crippen LogP contribution < -0.4 is 9.62 Å². The van der Waals surface area contributed by atoms with E-state index in [1.54, 1.807) is 50.2 Å². The zero-order chi connectivity index (χ0) is 21.9. The highest BCUT2D eigenvalue weighted by molar-refractivity contribution is 7.92. The molecule has 30 heavy (non-hydrogen) atoms. The van der Waals surface area contributed by atoms with E-state index in [-0.39, 0.29) is 27.7 Å². The predicted molar refractivity (Wildman–Crippen MR) is 117 cm³/mol. The number of aryl methyl sites for hydroxylation is 1. The third kappa shape index (κ3) is 4.47. The van der Waals surface area contributed by atoms with Gasteiger partial charge in [0, 0.05) is 12.1 Å². The van der Waals surface area contributed by atoms with Crippen molar-refractivity contribution in [2.45, 2.75) is 18.7 Å². The highest BCUT2D eigenvalue weighted by Crippen LogP contribution is 2.27. The van der Waals surface area contributed by atoms with Gasteiger partial charge in [0.25, 0.3) is 15.9 Å². The monoisotopic (exact) mass is 446 g/mol. The summed E-state index contributed by atoms with van der Waals surface area (Å²) in [5, 5.41) is 2.63. The molecule has 0 aliphatic carbocycles. The summed E-state index contributed by atoms with van der Waals surface area (Å²) in [6.07, 6.45) is 0. The summed E-state index contributed by atoms with van der Waals surface area (Å²) in [5.74, 6) is -1.08. The number of rotatable bonds is 6. The lowest BCUT2D eigenvalue weighted by molar-refractivity contribution is 0.102. The smallest absolute Gasteiger partial charge is 0.264 e. The SMILES string of the molecule is CCN(c1ccccc1)S(=O)(=O)c1cc(C(=O)Nc2ccc(F)cc2Cl)ccc1C. The van der Waals surface area contributed by atoms with Gasteiger partial charge in [-0.25, -0.2) is 12.8 Å². The number of nitrogens with one attached hydrogen (secondary N) is 1. The van der Waals surface area contributed by atoms with Gasteiger partial charge in [0.05, 0.1) is 21.3 Å². The standard InChI is InChI=1S/C22H20ClFN2O3S/c1-3-26(18-7-5-4-6-8-18)30(28,29)21-13-16(10-9-15(21)2)22(27)25-20-12-11-17(24)14-19(20)23/h4-14H,3H2,1-2H3,(H,25,27). The summed E-state index contributed by atoms with van der Waals surface area (Å²) in [4.78, 5) is 12.7. The number of halogens is 2. The molecule has 0 aliphatic rings. The van der Waals surface area contributed by atoms with Gasteiger partial charge >= 0.3 is 0 Å². The molecule has 0 saturated carbocycles. The molecule has 8 heteroatoms. The van der Waals surface area contributed by atoms with Gasteiger partial charge in [0.1, 0.15) is 5.82 Å². The highest BCUT2D eigenvalue weighted by atomic mass is 35.5. The minimum atomic E-state index is -3.90. The summed E-state index contributed by atoms with van der Waals surface area (Å²) < 4.78 is 41.2. The van der Waals surface area contributed by atoms with E-state index in [0.29, 0.717) is 11.3 Å². The zero-order valence-corrected chi connectivity index (χ0v) is 18.0. The van der Waals surface area contributed by atoms with Crippen LogP contribution in [0.2, 0.25) is 5.02 Å². The average Bonchev–Trinajstić information content (AvgIpc) is 2.71. The van der Waals surface area contributed by atoms with Crippen LogP contribution in [-0.2, 0) is 10.0 Å². The summed E-state index contributed by atoms with van der Waals surface area (Å²) in [6.45, 7) is 3.64. The van der Waals surface area contributed by atoms with E-state index in [0.717, 1.165) is 6.07 Å². The van der Waals surface area contributed by atoms with Crippen LogP contribution in [-0.4, -0.2) is 20.9 Å². The Hall–Kier alpha value is -2.90. The Labute approximate surface area is 180 Å². The van der Waals surface area contributed by atoms with Gasteiger partial charge in [-0.1, -0.05) is 35.9 Å². The molecule has 0 unspecified atom stereocenters. The number of anilines is 2. The molecule has 0 radical (unpaired) electrons. The maximum atomic E-state index is 13.3. The summed E-state index contributed by atoms with van der Waals surface area (Å²) in [6, 6.07) is 16.8. The van der Waals surface area contributed by atoms with E-state index in [1.807, 2.05) is 0 Å². The maximum absolute atomic E-state index is 13.3. The molecule has 1 N–H and O–H groups in total. The lowest BCUT2D eigenvalue weighted by Gasteiger charge is -2.24. The molecule has 0 bridgehead atoms. The Morgan fingerprint density at radius 3 is 2.40 bits per heavy atom. The van der Waals surface area contributed by atoms with Crippen molar-refractivity contribution in [2.24, 2.45) is 0 Å². The highest BCUT2D eigenvalue weighted by Gasteiger charge is 2.26. The molecule has 3 aromatic rings. The number of carbonyl (C=O) groups is 1. The van der Waals surface area contributed by atoms with Crippen LogP contribution >= 0.6 is 11.6 Å². The minimum Gasteiger partial charge on any atom is -0.321 e. The van der Waals surface area contributed by atoms with Gasteiger partial charge in [-0.2, -0.15) is 0 Å². The normalized spacial score (nSPS) is 11.2. The third-order valence-corrected chi connectivity index (χ3v) is 6.89. The van der Waals surface area contributed by atoms with Crippen molar-refractivity contribution in [3.8, 4) is 0 Å². The fourth-order valence-electron chi connectivity index (χ4n) is 3.01. The molecule has 1 amide bonds. The van der Waals surface area contributed by atoms with E-state index in [1.165, 1.54) is 28.6 Å². The molecular weight excluding hydrogens is 427 g/mol. The molecule has 0 aliphatic heterocycles. The minimum absolute atomic E-state index is 0.0334. The summed E-state index contributed by atoms with van der Waals surface area (Å²) in [7, 11) is -3.90. The van der Waals surface area contributed by atoms with Gasteiger partial charge in [-0.05, 0) is 61.9 Å². The second-order valence-electron chi connectivity index (χ2n) is 6.56. The second-order valence-corrected chi connectivity index (χ2v) is 8.80. The van der Waals surface area contributed by atoms with Crippen molar-refractivity contribution in [3.63, 3.8) is 0 Å². The molecule has 3 rings (SSSR count). The first-order valence-electron chi connectivity index (χ1n) is 9.19. The van der Waals surface area contributed by atoms with Gasteiger partial charge in [0.15, 0.2) is 0 Å². The van der Waals surface area contributed by atoms with Crippen molar-refractivity contribution in [2.75, 3.05) is 16.2 Å². The number of benzene rings is 3. The Morgan fingerprint density at radius 2 is 1.77 bits per heavy atom. The lowest BCUT2D eigenvalue weighted by atomic mass is 10.1. The third-order valence-electron chi connectivity index (χ3n) is 4.53. The number of hydrogen-bond acceptors (Lipinski definition) is 3. The topological polar surface area (TPSA) is 66.5 Å². The summed E-state index contributed by atoms with van der Waals surface area (Å²) >= 11 is 5.96. The molecular formula is C22H20ClFN2O3S. The Kier molecular flexibility index (Phi) is 6.43. The zero-order valence-electron chi connectivity index (χ0n) is 16.4. The van der Waals surface area contributed by atoms with Crippen molar-refractivity contribution in [1.29, 1.82) is 0 Å². The van der Waals surface area contributed by atoms with E-state index in [9.17, 15) is 17.6 Å². The number of nitrogens with zero attached hydrogens (tertiary/aromatic N) is 1. The van der Waals surface area contributed by atoms with Crippen molar-refractivity contribution < 1.29 is 17.6 Å². The first kappa shape index (κ1) is 21.8. The van der Waals surface area contributed by atoms with Gasteiger partial charge in [-0.3, -0.25) is 9.10 Å². The van der Waals surface area contributed by atoms with Crippen molar-refractivity contribution >= 4 is 38.9 Å². The summed E-state index contributed by atoms with van der Waals surface area (Å²) in [5.41, 5.74) is 1.42. The van der Waals surface area contributed by atoms with Crippen LogP contribution in [0.25, 0.3) is 0 Å². The van der Waals surface area contributed by atoms with Gasteiger partial charge in [-0.15, -0.1) is 0 Å². The molecule has 0 atom stereocenters. The Bertz CT molecular complexity index is 1180. The molecule has 0 aromatic heterocycles. The first-order valence-corrected chi connectivity index (χ1v) is 11.0. The van der Waals surface area contributed by atoms with Crippen LogP contribution in [0, 0.1) is 12.7 Å². The Balaban J connectivity index is 1.97. The molecule has 0 spiro atoms. The Morgan fingerprint density at radius 1 is 1.07 bits per heavy atom. The van der Waals surface area contributed by atoms with Crippen molar-refractivity contribution in [3.05, 3.63) is 88.7 Å². The van der Waals surface area contributed by atoms with E-state index in [2.05, 4.69) is 5.32 Å². The van der Waals surface area contributed by atoms with E-state index in [4.69, 9.17) is 11.6 Å². The molecule has 0 heterocycles. The number of para-hydroxylation sites is 1. The van der Waals surface area contributed by atoms with Crippen LogP contribution in [0.5, 0.6) is 0 Å². The molecule has 3 aromatic carbocycles. The van der Waals surface area contributed by atoms with Gasteiger partial charge < -0.3 is 5.32 Å². The van der Waals surface area contributed by atoms with Gasteiger partial charge in [0.2, 0.25) is 0 Å². The fourth-order valence-corrected chi connectivity index (χ4v) is 4.95. The van der Waals surface area contributed by atoms with E-state index >= 15 is 0 Å². The first-order chi connectivity index (χ1) is 14.2. The quantitative estimate of drug-likeness (QED) is 0.562. The average molecular weight is 447 g/mol. The van der Waals surface area contributed by atoms with Crippen LogP contribution in [0.15, 0.2) is 71.6 Å². The van der Waals surface area contributed by atoms with Crippen LogP contribution in [0.1, 0.15) is 22.8 Å². The van der Waals surface area contributed by atoms with Crippen LogP contribution in [0.3, 0.4) is 0 Å². The number of sulfonamides is 1. The molecule has 0 saturated heterocycles. The molecule has 5 nitrogen and oxygen atoms in total. The number of carbonyl (C=O) groups excluding carboxylic acids is 1. The second kappa shape index (κ2) is 8.85. The predicted octanol–water partition coefficient (Wildman–Crippen LogP) is 5.26. The maximum Gasteiger partial charge on any atom is 0.264 e. The van der Waals surface area contributed by atoms with Crippen molar-refractivity contribution in [1.82, 2.24) is 0 Å². The van der Waals surface area contributed by atoms with E-state index < -0.39 is 21.7 Å². The molecule has 156 valence electrons.